The lowest BCUT2D eigenvalue weighted by molar-refractivity contribution is 0.147. The van der Waals surface area contributed by atoms with Gasteiger partial charge in [-0.25, -0.2) is 27.3 Å². The van der Waals surface area contributed by atoms with Crippen LogP contribution >= 0.6 is 22.6 Å². The number of hydrogen-bond acceptors (Lipinski definition) is 4. The summed E-state index contributed by atoms with van der Waals surface area (Å²) in [6.07, 6.45) is -3.04. The Morgan fingerprint density at radius 3 is 2.50 bits per heavy atom. The summed E-state index contributed by atoms with van der Waals surface area (Å²) in [5, 5.41) is 13.4. The van der Waals surface area contributed by atoms with Gasteiger partial charge in [-0.2, -0.15) is 5.26 Å². The molecule has 1 aromatic heterocycles. The molecule has 0 aliphatic carbocycles. The van der Waals surface area contributed by atoms with Gasteiger partial charge in [0.15, 0.2) is 5.69 Å². The molecule has 0 aliphatic heterocycles. The minimum atomic E-state index is -4.41. The highest BCUT2D eigenvalue weighted by atomic mass is 127. The molecule has 0 fully saturated rings. The standard InChI is InChI=1S/C7H4F2IN3O2S/c8-7(9)3-1-5(10)13-4(2-11)6(3)16(12,14)15/h1,7H,(H2,12,14,15). The normalized spacial score (nSPS) is 11.5. The van der Waals surface area contributed by atoms with Gasteiger partial charge >= 0.3 is 0 Å². The van der Waals surface area contributed by atoms with Crippen molar-refractivity contribution in [2.75, 3.05) is 0 Å². The molecule has 0 bridgehead atoms. The Kier molecular flexibility index (Phi) is 3.76. The molecule has 0 unspecified atom stereocenters. The zero-order valence-electron chi connectivity index (χ0n) is 7.49. The fraction of sp³-hybridized carbons (Fsp3) is 0.143. The highest BCUT2D eigenvalue weighted by Gasteiger charge is 2.26. The third-order valence-electron chi connectivity index (χ3n) is 1.60. The van der Waals surface area contributed by atoms with E-state index in [9.17, 15) is 17.2 Å². The summed E-state index contributed by atoms with van der Waals surface area (Å²) in [7, 11) is -4.41. The average Bonchev–Trinajstić information content (AvgIpc) is 2.14. The van der Waals surface area contributed by atoms with Crippen LogP contribution in [0.2, 0.25) is 0 Å². The molecule has 0 amide bonds. The second kappa shape index (κ2) is 4.56. The number of rotatable bonds is 2. The van der Waals surface area contributed by atoms with Crippen LogP contribution in [0.1, 0.15) is 17.7 Å². The molecule has 0 aromatic carbocycles. The lowest BCUT2D eigenvalue weighted by Gasteiger charge is -2.08. The second-order valence-electron chi connectivity index (χ2n) is 2.67. The molecule has 0 saturated heterocycles. The van der Waals surface area contributed by atoms with Crippen molar-refractivity contribution in [3.8, 4) is 6.07 Å². The average molecular weight is 359 g/mol. The molecular formula is C7H4F2IN3O2S. The van der Waals surface area contributed by atoms with Crippen LogP contribution in [-0.4, -0.2) is 13.4 Å². The number of sulfonamides is 1. The molecule has 1 aromatic rings. The maximum atomic E-state index is 12.6. The van der Waals surface area contributed by atoms with Crippen molar-refractivity contribution < 1.29 is 17.2 Å². The lowest BCUT2D eigenvalue weighted by atomic mass is 10.2. The topological polar surface area (TPSA) is 96.8 Å². The number of primary sulfonamides is 1. The summed E-state index contributed by atoms with van der Waals surface area (Å²) in [6, 6.07) is 2.31. The van der Waals surface area contributed by atoms with Gasteiger partial charge in [0.1, 0.15) is 14.7 Å². The van der Waals surface area contributed by atoms with Gasteiger partial charge in [-0.05, 0) is 28.7 Å². The lowest BCUT2D eigenvalue weighted by Crippen LogP contribution is -2.18. The second-order valence-corrected chi connectivity index (χ2v) is 5.27. The first-order valence-electron chi connectivity index (χ1n) is 3.69. The van der Waals surface area contributed by atoms with Crippen LogP contribution in [-0.2, 0) is 10.0 Å². The first kappa shape index (κ1) is 13.2. The fourth-order valence-electron chi connectivity index (χ4n) is 1.06. The van der Waals surface area contributed by atoms with Gasteiger partial charge in [0.2, 0.25) is 10.0 Å². The molecule has 0 saturated carbocycles. The minimum Gasteiger partial charge on any atom is -0.230 e. The number of pyridine rings is 1. The van der Waals surface area contributed by atoms with Crippen molar-refractivity contribution in [3.05, 3.63) is 21.0 Å². The fourth-order valence-corrected chi connectivity index (χ4v) is 2.47. The molecule has 0 aliphatic rings. The van der Waals surface area contributed by atoms with Crippen LogP contribution in [0.25, 0.3) is 0 Å². The van der Waals surface area contributed by atoms with Crippen LogP contribution in [0.5, 0.6) is 0 Å². The van der Waals surface area contributed by atoms with Crippen molar-refractivity contribution in [1.82, 2.24) is 4.98 Å². The Bertz CT molecular complexity index is 568. The number of nitrogens with two attached hydrogens (primary N) is 1. The largest absolute Gasteiger partial charge is 0.265 e. The number of halogens is 3. The van der Waals surface area contributed by atoms with Crippen LogP contribution in [0.15, 0.2) is 11.0 Å². The Morgan fingerprint density at radius 1 is 1.56 bits per heavy atom. The van der Waals surface area contributed by atoms with Gasteiger partial charge in [-0.15, -0.1) is 0 Å². The summed E-state index contributed by atoms with van der Waals surface area (Å²) in [5.41, 5.74) is -1.43. The van der Waals surface area contributed by atoms with Gasteiger partial charge in [0.25, 0.3) is 6.43 Å². The monoisotopic (exact) mass is 359 g/mol. The maximum Gasteiger partial charge on any atom is 0.265 e. The zero-order valence-corrected chi connectivity index (χ0v) is 10.5. The molecule has 0 spiro atoms. The van der Waals surface area contributed by atoms with E-state index < -0.39 is 32.6 Å². The number of aromatic nitrogens is 1. The van der Waals surface area contributed by atoms with Gasteiger partial charge in [-0.1, -0.05) is 0 Å². The van der Waals surface area contributed by atoms with Crippen LogP contribution in [0.4, 0.5) is 8.78 Å². The van der Waals surface area contributed by atoms with E-state index in [1.54, 1.807) is 22.6 Å². The highest BCUT2D eigenvalue weighted by molar-refractivity contribution is 14.1. The van der Waals surface area contributed by atoms with Crippen molar-refractivity contribution in [2.45, 2.75) is 11.3 Å². The summed E-state index contributed by atoms with van der Waals surface area (Å²) < 4.78 is 47.5. The van der Waals surface area contributed by atoms with E-state index in [4.69, 9.17) is 10.4 Å². The number of hydrogen-bond donors (Lipinski definition) is 1. The molecule has 0 radical (unpaired) electrons. The van der Waals surface area contributed by atoms with Crippen LogP contribution < -0.4 is 5.14 Å². The maximum absolute atomic E-state index is 12.6. The molecule has 86 valence electrons. The molecule has 2 N–H and O–H groups in total. The predicted octanol–water partition coefficient (Wildman–Crippen LogP) is 1.14. The van der Waals surface area contributed by atoms with Crippen LogP contribution in [0.3, 0.4) is 0 Å². The van der Waals surface area contributed by atoms with Crippen molar-refractivity contribution in [2.24, 2.45) is 5.14 Å². The molecule has 16 heavy (non-hydrogen) atoms. The van der Waals surface area contributed by atoms with E-state index in [1.165, 1.54) is 6.07 Å². The highest BCUT2D eigenvalue weighted by Crippen LogP contribution is 2.28. The summed E-state index contributed by atoms with van der Waals surface area (Å²) in [6.45, 7) is 0. The van der Waals surface area contributed by atoms with Crippen molar-refractivity contribution >= 4 is 32.6 Å². The molecule has 9 heteroatoms. The Morgan fingerprint density at radius 2 is 2.12 bits per heavy atom. The number of nitriles is 1. The van der Waals surface area contributed by atoms with Crippen molar-refractivity contribution in [1.29, 1.82) is 5.26 Å². The van der Waals surface area contributed by atoms with E-state index in [-0.39, 0.29) is 3.70 Å². The van der Waals surface area contributed by atoms with E-state index in [2.05, 4.69) is 4.98 Å². The molecule has 5 nitrogen and oxygen atoms in total. The van der Waals surface area contributed by atoms with E-state index in [0.717, 1.165) is 6.07 Å². The zero-order chi connectivity index (χ0) is 12.5. The quantitative estimate of drug-likeness (QED) is 0.633. The summed E-state index contributed by atoms with van der Waals surface area (Å²) in [5.74, 6) is 0. The Labute approximate surface area is 103 Å². The summed E-state index contributed by atoms with van der Waals surface area (Å²) in [4.78, 5) is 2.62. The van der Waals surface area contributed by atoms with Crippen molar-refractivity contribution in [3.63, 3.8) is 0 Å². The minimum absolute atomic E-state index is 0.0943. The van der Waals surface area contributed by atoms with Gasteiger partial charge in [-0.3, -0.25) is 0 Å². The molecular weight excluding hydrogens is 355 g/mol. The first-order valence-corrected chi connectivity index (χ1v) is 6.31. The third kappa shape index (κ3) is 2.63. The van der Waals surface area contributed by atoms with Gasteiger partial charge in [0.05, 0.1) is 0 Å². The van der Waals surface area contributed by atoms with Gasteiger partial charge < -0.3 is 0 Å². The SMILES string of the molecule is N#Cc1nc(I)cc(C(F)F)c1S(N)(=O)=O. The van der Waals surface area contributed by atoms with E-state index >= 15 is 0 Å². The first-order chi connectivity index (χ1) is 7.27. The number of alkyl halides is 2. The third-order valence-corrected chi connectivity index (χ3v) is 3.15. The predicted molar refractivity (Wildman–Crippen MR) is 58.0 cm³/mol. The Balaban J connectivity index is 3.74. The van der Waals surface area contributed by atoms with Crippen LogP contribution in [0, 0.1) is 15.0 Å². The molecule has 1 rings (SSSR count). The molecule has 1 heterocycles. The van der Waals surface area contributed by atoms with E-state index in [1.807, 2.05) is 0 Å². The Hall–Kier alpha value is -0.860. The smallest absolute Gasteiger partial charge is 0.230 e. The van der Waals surface area contributed by atoms with Gasteiger partial charge in [0, 0.05) is 5.56 Å². The number of nitrogens with zero attached hydrogens (tertiary/aromatic N) is 2. The summed E-state index contributed by atoms with van der Waals surface area (Å²) >= 11 is 1.60. The molecule has 0 atom stereocenters. The van der Waals surface area contributed by atoms with E-state index in [0.29, 0.717) is 0 Å².